The first kappa shape index (κ1) is 17.7. The zero-order valence-corrected chi connectivity index (χ0v) is 17.1. The van der Waals surface area contributed by atoms with Gasteiger partial charge in [-0.1, -0.05) is 29.8 Å². The van der Waals surface area contributed by atoms with Crippen LogP contribution < -0.4 is 10.1 Å². The number of hydrogen-bond acceptors (Lipinski definition) is 4. The van der Waals surface area contributed by atoms with Crippen LogP contribution in [-0.2, 0) is 4.79 Å². The molecule has 3 heterocycles. The van der Waals surface area contributed by atoms with Gasteiger partial charge in [-0.2, -0.15) is 0 Å². The van der Waals surface area contributed by atoms with Crippen molar-refractivity contribution in [1.82, 2.24) is 9.38 Å². The highest BCUT2D eigenvalue weighted by Gasteiger charge is 2.26. The van der Waals surface area contributed by atoms with Gasteiger partial charge < -0.3 is 10.1 Å². The standard InChI is InChI=1S/C23H19N3O2S/c1-13-4-6-15(7-5-13)21-20(26-12-14(2)29-23(26)25-21)11-18-17-10-16(28-3)8-9-19(17)24-22(18)27/h4-12H,1-3H3,(H,24,27)/b18-11+. The molecule has 0 saturated heterocycles. The number of nitrogens with one attached hydrogen (secondary N) is 1. The number of rotatable bonds is 3. The number of aryl methyl sites for hydroxylation is 2. The molecule has 0 fully saturated rings. The number of thiazole rings is 1. The van der Waals surface area contributed by atoms with Gasteiger partial charge >= 0.3 is 0 Å². The van der Waals surface area contributed by atoms with Crippen molar-refractivity contribution in [3.8, 4) is 17.0 Å². The summed E-state index contributed by atoms with van der Waals surface area (Å²) in [5, 5.41) is 2.94. The number of nitrogens with zero attached hydrogens (tertiary/aromatic N) is 2. The Morgan fingerprint density at radius 2 is 1.93 bits per heavy atom. The largest absolute Gasteiger partial charge is 0.497 e. The van der Waals surface area contributed by atoms with E-state index in [9.17, 15) is 4.79 Å². The molecule has 0 saturated carbocycles. The number of aromatic nitrogens is 2. The van der Waals surface area contributed by atoms with E-state index in [-0.39, 0.29) is 5.91 Å². The Balaban J connectivity index is 1.74. The van der Waals surface area contributed by atoms with Crippen LogP contribution in [0.15, 0.2) is 48.7 Å². The number of ether oxygens (including phenoxy) is 1. The number of imidazole rings is 1. The number of carbonyl (C=O) groups excluding carboxylic acids is 1. The minimum Gasteiger partial charge on any atom is -0.497 e. The molecule has 0 unspecified atom stereocenters. The average Bonchev–Trinajstić information content (AvgIpc) is 3.33. The van der Waals surface area contributed by atoms with E-state index in [2.05, 4.69) is 54.0 Å². The highest BCUT2D eigenvalue weighted by molar-refractivity contribution is 7.17. The molecule has 1 amide bonds. The monoisotopic (exact) mass is 401 g/mol. The summed E-state index contributed by atoms with van der Waals surface area (Å²) in [5.41, 5.74) is 6.23. The topological polar surface area (TPSA) is 55.6 Å². The highest BCUT2D eigenvalue weighted by Crippen LogP contribution is 2.38. The summed E-state index contributed by atoms with van der Waals surface area (Å²) >= 11 is 1.64. The molecule has 6 heteroatoms. The summed E-state index contributed by atoms with van der Waals surface area (Å²) in [6, 6.07) is 13.9. The van der Waals surface area contributed by atoms with Gasteiger partial charge in [-0.25, -0.2) is 4.98 Å². The third-order valence-electron chi connectivity index (χ3n) is 5.09. The average molecular weight is 401 g/mol. The van der Waals surface area contributed by atoms with Gasteiger partial charge in [0.05, 0.1) is 24.1 Å². The van der Waals surface area contributed by atoms with Crippen LogP contribution in [0.25, 0.3) is 27.9 Å². The quantitative estimate of drug-likeness (QED) is 0.481. The zero-order chi connectivity index (χ0) is 20.1. The Kier molecular flexibility index (Phi) is 4.03. The lowest BCUT2D eigenvalue weighted by atomic mass is 10.0. The lowest BCUT2D eigenvalue weighted by Crippen LogP contribution is -2.04. The van der Waals surface area contributed by atoms with Crippen molar-refractivity contribution in [3.05, 3.63) is 70.4 Å². The second-order valence-electron chi connectivity index (χ2n) is 7.13. The SMILES string of the molecule is COc1ccc2c(c1)/C(=C\c1c(-c3ccc(C)cc3)nc3sc(C)cn13)C(=O)N2. The van der Waals surface area contributed by atoms with Crippen LogP contribution in [0.4, 0.5) is 5.69 Å². The predicted molar refractivity (Wildman–Crippen MR) is 117 cm³/mol. The van der Waals surface area contributed by atoms with Gasteiger partial charge in [0.2, 0.25) is 0 Å². The van der Waals surface area contributed by atoms with Gasteiger partial charge in [-0.15, -0.1) is 11.3 Å². The molecule has 1 aliphatic heterocycles. The Morgan fingerprint density at radius 3 is 2.69 bits per heavy atom. The smallest absolute Gasteiger partial charge is 0.256 e. The van der Waals surface area contributed by atoms with Crippen molar-refractivity contribution in [3.63, 3.8) is 0 Å². The van der Waals surface area contributed by atoms with Crippen LogP contribution in [0.5, 0.6) is 5.75 Å². The third kappa shape index (κ3) is 2.93. The Labute approximate surface area is 172 Å². The molecule has 144 valence electrons. The van der Waals surface area contributed by atoms with Crippen molar-refractivity contribution >= 4 is 39.5 Å². The Bertz CT molecular complexity index is 1300. The summed E-state index contributed by atoms with van der Waals surface area (Å²) < 4.78 is 7.42. The maximum atomic E-state index is 12.7. The minimum absolute atomic E-state index is 0.120. The first-order valence-electron chi connectivity index (χ1n) is 9.30. The van der Waals surface area contributed by atoms with E-state index in [1.54, 1.807) is 18.4 Å². The van der Waals surface area contributed by atoms with E-state index in [0.717, 1.165) is 38.9 Å². The van der Waals surface area contributed by atoms with Crippen LogP contribution in [0.3, 0.4) is 0 Å². The van der Waals surface area contributed by atoms with E-state index < -0.39 is 0 Å². The van der Waals surface area contributed by atoms with Gasteiger partial charge in [0.1, 0.15) is 5.75 Å². The lowest BCUT2D eigenvalue weighted by molar-refractivity contribution is -0.110. The summed E-state index contributed by atoms with van der Waals surface area (Å²) in [7, 11) is 1.62. The van der Waals surface area contributed by atoms with Crippen LogP contribution in [0, 0.1) is 13.8 Å². The molecule has 2 aromatic heterocycles. The second-order valence-corrected chi connectivity index (χ2v) is 8.34. The molecule has 1 aliphatic rings. The molecule has 4 aromatic rings. The Hall–Kier alpha value is -3.38. The second kappa shape index (κ2) is 6.60. The Morgan fingerprint density at radius 1 is 1.14 bits per heavy atom. The summed E-state index contributed by atoms with van der Waals surface area (Å²) in [6.07, 6.45) is 4.00. The maximum Gasteiger partial charge on any atom is 0.256 e. The summed E-state index contributed by atoms with van der Waals surface area (Å²) in [6.45, 7) is 4.12. The van der Waals surface area contributed by atoms with Gasteiger partial charge in [0, 0.05) is 27.9 Å². The van der Waals surface area contributed by atoms with Crippen LogP contribution in [-0.4, -0.2) is 22.4 Å². The molecular formula is C23H19N3O2S. The van der Waals surface area contributed by atoms with Crippen LogP contribution in [0.1, 0.15) is 21.7 Å². The van der Waals surface area contributed by atoms with Gasteiger partial charge in [0.25, 0.3) is 5.91 Å². The molecule has 1 N–H and O–H groups in total. The van der Waals surface area contributed by atoms with E-state index in [0.29, 0.717) is 5.57 Å². The van der Waals surface area contributed by atoms with Gasteiger partial charge in [-0.05, 0) is 38.1 Å². The molecule has 5 rings (SSSR count). The van der Waals surface area contributed by atoms with Gasteiger partial charge in [-0.3, -0.25) is 9.20 Å². The fourth-order valence-corrected chi connectivity index (χ4v) is 4.44. The number of fused-ring (bicyclic) bond motifs is 2. The first-order chi connectivity index (χ1) is 14.0. The van der Waals surface area contributed by atoms with E-state index in [4.69, 9.17) is 9.72 Å². The number of amides is 1. The number of anilines is 1. The molecule has 2 aromatic carbocycles. The minimum atomic E-state index is -0.120. The molecule has 29 heavy (non-hydrogen) atoms. The molecule has 0 spiro atoms. The summed E-state index contributed by atoms with van der Waals surface area (Å²) in [5.74, 6) is 0.597. The van der Waals surface area contributed by atoms with E-state index in [1.807, 2.05) is 24.3 Å². The highest BCUT2D eigenvalue weighted by atomic mass is 32.1. The van der Waals surface area contributed by atoms with Crippen LogP contribution in [0.2, 0.25) is 0 Å². The van der Waals surface area contributed by atoms with Gasteiger partial charge in [0.15, 0.2) is 4.96 Å². The molecular weight excluding hydrogens is 382 g/mol. The molecule has 0 atom stereocenters. The van der Waals surface area contributed by atoms with Crippen LogP contribution >= 0.6 is 11.3 Å². The maximum absolute atomic E-state index is 12.7. The van der Waals surface area contributed by atoms with E-state index >= 15 is 0 Å². The number of carbonyl (C=O) groups is 1. The fraction of sp³-hybridized carbons (Fsp3) is 0.130. The fourth-order valence-electron chi connectivity index (χ4n) is 3.61. The molecule has 5 nitrogen and oxygen atoms in total. The van der Waals surface area contributed by atoms with E-state index in [1.165, 1.54) is 10.4 Å². The van der Waals surface area contributed by atoms with Crippen molar-refractivity contribution in [2.24, 2.45) is 0 Å². The van der Waals surface area contributed by atoms with Crippen molar-refractivity contribution < 1.29 is 9.53 Å². The predicted octanol–water partition coefficient (Wildman–Crippen LogP) is 5.18. The first-order valence-corrected chi connectivity index (χ1v) is 10.1. The third-order valence-corrected chi connectivity index (χ3v) is 5.99. The summed E-state index contributed by atoms with van der Waals surface area (Å²) in [4.78, 5) is 19.7. The van der Waals surface area contributed by atoms with Crippen molar-refractivity contribution in [1.29, 1.82) is 0 Å². The molecule has 0 bridgehead atoms. The molecule has 0 aliphatic carbocycles. The number of methoxy groups -OCH3 is 1. The number of hydrogen-bond donors (Lipinski definition) is 1. The lowest BCUT2D eigenvalue weighted by Gasteiger charge is -2.04. The zero-order valence-electron chi connectivity index (χ0n) is 16.3. The van der Waals surface area contributed by atoms with Crippen molar-refractivity contribution in [2.45, 2.75) is 13.8 Å². The number of benzene rings is 2. The normalized spacial score (nSPS) is 14.4. The molecule has 0 radical (unpaired) electrons. The van der Waals surface area contributed by atoms with Crippen molar-refractivity contribution in [2.75, 3.05) is 12.4 Å².